The Balaban J connectivity index is 0.000000154. The summed E-state index contributed by atoms with van der Waals surface area (Å²) in [5.41, 5.74) is 0. The van der Waals surface area contributed by atoms with Gasteiger partial charge in [0.05, 0.1) is 19.8 Å². The zero-order valence-corrected chi connectivity index (χ0v) is 20.6. The lowest BCUT2D eigenvalue weighted by molar-refractivity contribution is -0.369. The molecule has 13 heteroatoms. The Morgan fingerprint density at radius 3 is 1.73 bits per heavy atom. The summed E-state index contributed by atoms with van der Waals surface area (Å²) in [6, 6.07) is 0. The van der Waals surface area contributed by atoms with Gasteiger partial charge in [0.1, 0.15) is 18.3 Å². The smallest absolute Gasteiger partial charge is 0.248 e. The van der Waals surface area contributed by atoms with Gasteiger partial charge in [0, 0.05) is 17.8 Å². The van der Waals surface area contributed by atoms with E-state index in [1.165, 1.54) is 0 Å². The summed E-state index contributed by atoms with van der Waals surface area (Å²) >= 11 is 0. The molecule has 5 fully saturated rings. The van der Waals surface area contributed by atoms with E-state index in [-0.39, 0.29) is 31.0 Å². The maximum Gasteiger partial charge on any atom is 0.248 e. The van der Waals surface area contributed by atoms with Crippen molar-refractivity contribution in [1.29, 1.82) is 0 Å². The lowest BCUT2D eigenvalue weighted by atomic mass is 9.75. The fraction of sp³-hybridized carbons (Fsp3) is 0.875. The Labute approximate surface area is 213 Å². The summed E-state index contributed by atoms with van der Waals surface area (Å²) in [6.07, 6.45) is 3.38. The molecular weight excluding hydrogens is 496 g/mol. The maximum atomic E-state index is 11.2. The van der Waals surface area contributed by atoms with Crippen molar-refractivity contribution in [1.82, 2.24) is 0 Å². The van der Waals surface area contributed by atoms with Gasteiger partial charge in [-0.25, -0.2) is 0 Å². The Morgan fingerprint density at radius 2 is 1.41 bits per heavy atom. The number of ketones is 3. The van der Waals surface area contributed by atoms with E-state index < -0.39 is 59.6 Å². The molecule has 5 atom stereocenters. The predicted molar refractivity (Wildman–Crippen MR) is 121 cm³/mol. The van der Waals surface area contributed by atoms with Crippen LogP contribution in [0.5, 0.6) is 0 Å². The third kappa shape index (κ3) is 5.81. The third-order valence-electron chi connectivity index (χ3n) is 8.08. The molecule has 0 spiro atoms. The average molecular weight is 535 g/mol. The highest BCUT2D eigenvalue weighted by molar-refractivity contribution is 6.39. The quantitative estimate of drug-likeness (QED) is 0.128. The maximum absolute atomic E-state index is 11.2. The number of ether oxygens (including phenoxy) is 2. The van der Waals surface area contributed by atoms with Crippen molar-refractivity contribution in [2.24, 2.45) is 17.8 Å². The number of Topliss-reactive ketones (excluding diaryl/α,β-unsaturated/α-hetero) is 3. The van der Waals surface area contributed by atoms with Crippen LogP contribution in [0.25, 0.3) is 0 Å². The van der Waals surface area contributed by atoms with E-state index in [1.54, 1.807) is 0 Å². The highest BCUT2D eigenvalue weighted by atomic mass is 16.7. The summed E-state index contributed by atoms with van der Waals surface area (Å²) in [4.78, 5) is 33.3. The zero-order chi connectivity index (χ0) is 27.6. The van der Waals surface area contributed by atoms with Gasteiger partial charge in [0.2, 0.25) is 34.7 Å². The molecule has 13 nitrogen and oxygen atoms in total. The molecular formula is C24H38O13. The second-order valence-electron chi connectivity index (χ2n) is 10.4. The van der Waals surface area contributed by atoms with Gasteiger partial charge in [0.15, 0.2) is 0 Å². The van der Waals surface area contributed by atoms with Gasteiger partial charge >= 0.3 is 0 Å². The summed E-state index contributed by atoms with van der Waals surface area (Å²) in [5, 5.41) is 73.9. The number of rotatable bonds is 6. The molecule has 3 aliphatic carbocycles. The lowest BCUT2D eigenvalue weighted by Crippen LogP contribution is -2.61. The van der Waals surface area contributed by atoms with E-state index in [4.69, 9.17) is 24.8 Å². The van der Waals surface area contributed by atoms with Crippen LogP contribution >= 0.6 is 0 Å². The number of hydrogen-bond acceptors (Lipinski definition) is 13. The van der Waals surface area contributed by atoms with Crippen molar-refractivity contribution < 1.29 is 64.7 Å². The molecule has 37 heavy (non-hydrogen) atoms. The molecule has 5 rings (SSSR count). The predicted octanol–water partition coefficient (Wildman–Crippen LogP) is -2.74. The first-order valence-electron chi connectivity index (χ1n) is 12.7. The van der Waals surface area contributed by atoms with Crippen molar-refractivity contribution in [3.05, 3.63) is 0 Å². The fourth-order valence-electron chi connectivity index (χ4n) is 4.71. The van der Waals surface area contributed by atoms with Crippen molar-refractivity contribution in [3.8, 4) is 0 Å². The largest absolute Gasteiger partial charge is 0.393 e. The van der Waals surface area contributed by atoms with Crippen molar-refractivity contribution in [2.75, 3.05) is 19.8 Å². The Morgan fingerprint density at radius 1 is 0.865 bits per heavy atom. The van der Waals surface area contributed by atoms with Crippen molar-refractivity contribution >= 4 is 17.3 Å². The second kappa shape index (κ2) is 11.8. The van der Waals surface area contributed by atoms with Crippen LogP contribution in [-0.2, 0) is 23.9 Å². The fourth-order valence-corrected chi connectivity index (χ4v) is 4.71. The minimum absolute atomic E-state index is 0.0637. The molecule has 0 aromatic rings. The van der Waals surface area contributed by atoms with E-state index in [0.717, 1.165) is 44.9 Å². The summed E-state index contributed by atoms with van der Waals surface area (Å²) in [7, 11) is 0. The van der Waals surface area contributed by atoms with Crippen LogP contribution in [0.3, 0.4) is 0 Å². The minimum atomic E-state index is -2.53. The molecule has 0 radical (unpaired) electrons. The van der Waals surface area contributed by atoms with Crippen LogP contribution in [0.2, 0.25) is 0 Å². The monoisotopic (exact) mass is 534 g/mol. The molecule has 5 aliphatic rings. The first kappa shape index (κ1) is 30.2. The van der Waals surface area contributed by atoms with Crippen LogP contribution < -0.4 is 0 Å². The van der Waals surface area contributed by atoms with E-state index in [1.807, 2.05) is 0 Å². The van der Waals surface area contributed by atoms with Crippen LogP contribution in [0, 0.1) is 17.8 Å². The van der Waals surface area contributed by atoms with E-state index in [9.17, 15) is 39.9 Å². The number of carbonyl (C=O) groups excluding carboxylic acids is 3. The first-order valence-corrected chi connectivity index (χ1v) is 12.7. The van der Waals surface area contributed by atoms with Gasteiger partial charge < -0.3 is 50.3 Å². The summed E-state index contributed by atoms with van der Waals surface area (Å²) in [6.45, 7) is -0.969. The van der Waals surface area contributed by atoms with E-state index in [2.05, 4.69) is 0 Å². The van der Waals surface area contributed by atoms with Gasteiger partial charge in [-0.1, -0.05) is 19.3 Å². The zero-order valence-electron chi connectivity index (χ0n) is 20.6. The van der Waals surface area contributed by atoms with Gasteiger partial charge in [-0.3, -0.25) is 14.4 Å². The third-order valence-corrected chi connectivity index (χ3v) is 8.08. The molecule has 0 amide bonds. The van der Waals surface area contributed by atoms with Gasteiger partial charge in [0.25, 0.3) is 0 Å². The normalized spacial score (nSPS) is 36.2. The van der Waals surface area contributed by atoms with Gasteiger partial charge in [-0.05, 0) is 38.5 Å². The Hall–Kier alpha value is -1.39. The average Bonchev–Trinajstić information content (AvgIpc) is 3.12. The molecule has 0 bridgehead atoms. The number of carbonyl (C=O) groups is 3. The standard InChI is InChI=1S/C8H14O5.2C8H12O4/c9-6-4-13-8(12,7(6,10)11)5-2-1-3-5;9-6-4-12-8(11,7(6)10)5-2-1-3-5;9-4-6(10)8(12)7(11)5-2-1-3-5/h5-6,9-12H,1-4H2;5-6,9,11H,1-4H2;5-6,9-10H,1-4H2. The number of hydrogen-bond donors (Lipinski definition) is 8. The molecule has 2 saturated heterocycles. The van der Waals surface area contributed by atoms with Crippen LogP contribution in [0.15, 0.2) is 0 Å². The molecule has 5 unspecified atom stereocenters. The second-order valence-corrected chi connectivity index (χ2v) is 10.4. The Bertz CT molecular complexity index is 820. The lowest BCUT2D eigenvalue weighted by Gasteiger charge is -2.43. The van der Waals surface area contributed by atoms with Crippen molar-refractivity contribution in [2.45, 2.75) is 93.5 Å². The van der Waals surface area contributed by atoms with Gasteiger partial charge in [-0.2, -0.15) is 0 Å². The number of aliphatic hydroxyl groups is 8. The van der Waals surface area contributed by atoms with E-state index in [0.29, 0.717) is 12.8 Å². The van der Waals surface area contributed by atoms with Crippen LogP contribution in [0.4, 0.5) is 0 Å². The molecule has 0 aromatic carbocycles. The number of aliphatic hydroxyl groups excluding tert-OH is 4. The molecule has 3 saturated carbocycles. The molecule has 212 valence electrons. The molecule has 0 aromatic heterocycles. The van der Waals surface area contributed by atoms with Gasteiger partial charge in [-0.15, -0.1) is 0 Å². The van der Waals surface area contributed by atoms with Crippen molar-refractivity contribution in [3.63, 3.8) is 0 Å². The van der Waals surface area contributed by atoms with Crippen LogP contribution in [0.1, 0.15) is 57.8 Å². The highest BCUT2D eigenvalue weighted by Crippen LogP contribution is 2.46. The Kier molecular flexibility index (Phi) is 9.60. The van der Waals surface area contributed by atoms with Crippen LogP contribution in [-0.4, -0.2) is 114 Å². The molecule has 2 aliphatic heterocycles. The molecule has 8 N–H and O–H groups in total. The topological polar surface area (TPSA) is 232 Å². The minimum Gasteiger partial charge on any atom is -0.393 e. The summed E-state index contributed by atoms with van der Waals surface area (Å²) in [5.74, 6) is -8.68. The summed E-state index contributed by atoms with van der Waals surface area (Å²) < 4.78 is 9.80. The first-order chi connectivity index (χ1) is 17.3. The SMILES string of the molecule is O=C(C(=O)C1CCC1)C(O)CO.O=C1C(O)COC1(O)C1CCC1.OC1COC(O)(C2CCC2)C1(O)O. The molecule has 2 heterocycles. The van der Waals surface area contributed by atoms with E-state index >= 15 is 0 Å². The highest BCUT2D eigenvalue weighted by Gasteiger charge is 2.64.